The molecule has 2 aromatic carbocycles. The summed E-state index contributed by atoms with van der Waals surface area (Å²) in [5.41, 5.74) is 2.44. The summed E-state index contributed by atoms with van der Waals surface area (Å²) in [6.07, 6.45) is 5.71. The van der Waals surface area contributed by atoms with E-state index in [4.69, 9.17) is 4.74 Å². The van der Waals surface area contributed by atoms with Crippen LogP contribution in [0.1, 0.15) is 30.4 Å². The average molecular weight is 384 g/mol. The fourth-order valence-electron chi connectivity index (χ4n) is 3.97. The van der Waals surface area contributed by atoms with Gasteiger partial charge in [-0.15, -0.1) is 0 Å². The summed E-state index contributed by atoms with van der Waals surface area (Å²) in [5.74, 6) is 0.866. The van der Waals surface area contributed by atoms with Crippen LogP contribution in [-0.4, -0.2) is 40.9 Å². The van der Waals surface area contributed by atoms with Gasteiger partial charge in [-0.05, 0) is 54.5 Å². The molecule has 4 heteroatoms. The van der Waals surface area contributed by atoms with E-state index in [0.717, 1.165) is 49.5 Å². The Hall–Kier alpha value is -1.59. The van der Waals surface area contributed by atoms with Crippen LogP contribution in [0, 0.1) is 0 Å². The van der Waals surface area contributed by atoms with Gasteiger partial charge in [-0.3, -0.25) is 0 Å². The standard InChI is InChI=1S/C23H29NO2S/c25-27(18-13-21-9-4-5-10-23(21)27)17-6-14-24-15-11-22(12-16-24)26-19-20-7-2-1-3-8-20/h1-5,7-10,13,18,22,25H,6,11-12,14-17,19H2. The predicted molar refractivity (Wildman–Crippen MR) is 114 cm³/mol. The molecule has 1 fully saturated rings. The molecule has 0 aliphatic carbocycles. The minimum atomic E-state index is -1.75. The van der Waals surface area contributed by atoms with Gasteiger partial charge in [-0.25, -0.2) is 0 Å². The first-order valence-electron chi connectivity index (χ1n) is 9.91. The molecule has 1 saturated heterocycles. The Labute approximate surface area is 164 Å². The van der Waals surface area contributed by atoms with Crippen LogP contribution < -0.4 is 0 Å². The van der Waals surface area contributed by atoms with Crippen LogP contribution in [0.4, 0.5) is 0 Å². The first-order chi connectivity index (χ1) is 13.2. The van der Waals surface area contributed by atoms with Gasteiger partial charge in [-0.1, -0.05) is 58.8 Å². The predicted octanol–water partition coefficient (Wildman–Crippen LogP) is 5.38. The van der Waals surface area contributed by atoms with E-state index in [0.29, 0.717) is 12.7 Å². The van der Waals surface area contributed by atoms with E-state index in [-0.39, 0.29) is 0 Å². The van der Waals surface area contributed by atoms with Crippen molar-refractivity contribution in [3.63, 3.8) is 0 Å². The summed E-state index contributed by atoms with van der Waals surface area (Å²) in [6.45, 7) is 3.98. The van der Waals surface area contributed by atoms with Crippen LogP contribution in [0.25, 0.3) is 6.08 Å². The molecular formula is C23H29NO2S. The van der Waals surface area contributed by atoms with Gasteiger partial charge in [0.2, 0.25) is 0 Å². The zero-order chi connectivity index (χ0) is 18.5. The summed E-state index contributed by atoms with van der Waals surface area (Å²) in [6, 6.07) is 18.7. The average Bonchev–Trinajstić information content (AvgIpc) is 3.05. The first kappa shape index (κ1) is 18.8. The van der Waals surface area contributed by atoms with E-state index < -0.39 is 10.3 Å². The third-order valence-electron chi connectivity index (χ3n) is 5.57. The Morgan fingerprint density at radius 2 is 1.74 bits per heavy atom. The number of nitrogens with zero attached hydrogens (tertiary/aromatic N) is 1. The van der Waals surface area contributed by atoms with Gasteiger partial charge < -0.3 is 14.2 Å². The lowest BCUT2D eigenvalue weighted by atomic mass is 10.1. The monoisotopic (exact) mass is 383 g/mol. The third-order valence-corrected chi connectivity index (χ3v) is 8.20. The van der Waals surface area contributed by atoms with Crippen molar-refractivity contribution in [2.75, 3.05) is 25.4 Å². The van der Waals surface area contributed by atoms with Gasteiger partial charge in [0.1, 0.15) is 0 Å². The maximum Gasteiger partial charge on any atom is 0.0720 e. The first-order valence-corrected chi connectivity index (χ1v) is 11.7. The van der Waals surface area contributed by atoms with Crippen LogP contribution in [0.2, 0.25) is 0 Å². The fraction of sp³-hybridized carbons (Fsp3) is 0.391. The second-order valence-electron chi connectivity index (χ2n) is 7.49. The molecule has 2 aliphatic heterocycles. The molecule has 1 N–H and O–H groups in total. The van der Waals surface area contributed by atoms with Gasteiger partial charge in [0.15, 0.2) is 0 Å². The summed E-state index contributed by atoms with van der Waals surface area (Å²) in [5, 5.41) is 2.04. The highest BCUT2D eigenvalue weighted by Crippen LogP contribution is 2.59. The van der Waals surface area contributed by atoms with Crippen molar-refractivity contribution < 1.29 is 9.29 Å². The summed E-state index contributed by atoms with van der Waals surface area (Å²) >= 11 is 0. The number of benzene rings is 2. The molecule has 0 saturated carbocycles. The van der Waals surface area contributed by atoms with Crippen molar-refractivity contribution in [3.8, 4) is 0 Å². The molecule has 1 unspecified atom stereocenters. The van der Waals surface area contributed by atoms with Crippen molar-refractivity contribution >= 4 is 16.4 Å². The Bertz CT molecular complexity index is 771. The van der Waals surface area contributed by atoms with Crippen LogP contribution in [0.15, 0.2) is 64.9 Å². The zero-order valence-electron chi connectivity index (χ0n) is 15.8. The SMILES string of the molecule is OS1(CCCN2CCC(OCc3ccccc3)CC2)C=Cc2ccccc21. The van der Waals surface area contributed by atoms with Crippen molar-refractivity contribution in [2.45, 2.75) is 36.9 Å². The van der Waals surface area contributed by atoms with Crippen molar-refractivity contribution in [3.05, 3.63) is 71.1 Å². The number of rotatable bonds is 7. The molecule has 144 valence electrons. The van der Waals surface area contributed by atoms with E-state index in [2.05, 4.69) is 47.4 Å². The van der Waals surface area contributed by atoms with E-state index in [1.165, 1.54) is 11.1 Å². The van der Waals surface area contributed by atoms with Crippen molar-refractivity contribution in [1.29, 1.82) is 0 Å². The highest BCUT2D eigenvalue weighted by molar-refractivity contribution is 8.31. The van der Waals surface area contributed by atoms with Crippen LogP contribution >= 0.6 is 10.3 Å². The van der Waals surface area contributed by atoms with Crippen LogP contribution in [-0.2, 0) is 11.3 Å². The van der Waals surface area contributed by atoms with E-state index in [9.17, 15) is 4.55 Å². The largest absolute Gasteiger partial charge is 0.373 e. The Kier molecular flexibility index (Phi) is 5.98. The minimum absolute atomic E-state index is 0.376. The van der Waals surface area contributed by atoms with E-state index in [1.807, 2.05) is 23.6 Å². The summed E-state index contributed by atoms with van der Waals surface area (Å²) in [7, 11) is -1.75. The molecule has 2 aliphatic rings. The van der Waals surface area contributed by atoms with Crippen LogP contribution in [0.3, 0.4) is 0 Å². The molecule has 2 aromatic rings. The maximum atomic E-state index is 11.1. The maximum absolute atomic E-state index is 11.1. The number of likely N-dealkylation sites (tertiary alicyclic amines) is 1. The van der Waals surface area contributed by atoms with Crippen molar-refractivity contribution in [1.82, 2.24) is 4.90 Å². The third kappa shape index (κ3) is 4.64. The Morgan fingerprint density at radius 3 is 2.56 bits per heavy atom. The number of piperidine rings is 1. The Balaban J connectivity index is 1.18. The molecule has 27 heavy (non-hydrogen) atoms. The lowest BCUT2D eigenvalue weighted by Crippen LogP contribution is -2.37. The van der Waals surface area contributed by atoms with Gasteiger partial charge in [-0.2, -0.15) is 0 Å². The second-order valence-corrected chi connectivity index (χ2v) is 10.1. The zero-order valence-corrected chi connectivity index (χ0v) is 16.6. The smallest absolute Gasteiger partial charge is 0.0720 e. The lowest BCUT2D eigenvalue weighted by Gasteiger charge is -2.33. The number of fused-ring (bicyclic) bond motifs is 1. The van der Waals surface area contributed by atoms with Gasteiger partial charge in [0.25, 0.3) is 0 Å². The molecule has 4 rings (SSSR count). The number of hydrogen-bond donors (Lipinski definition) is 1. The molecule has 3 nitrogen and oxygen atoms in total. The van der Waals surface area contributed by atoms with Crippen LogP contribution in [0.5, 0.6) is 0 Å². The normalized spacial score (nSPS) is 25.2. The summed E-state index contributed by atoms with van der Waals surface area (Å²) in [4.78, 5) is 3.66. The highest BCUT2D eigenvalue weighted by Gasteiger charge is 2.27. The second kappa shape index (κ2) is 8.61. The topological polar surface area (TPSA) is 32.7 Å². The molecule has 0 aromatic heterocycles. The highest BCUT2D eigenvalue weighted by atomic mass is 32.3. The fourth-order valence-corrected chi connectivity index (χ4v) is 6.28. The molecule has 0 radical (unpaired) electrons. The number of ether oxygens (including phenoxy) is 1. The molecule has 1 atom stereocenters. The number of hydrogen-bond acceptors (Lipinski definition) is 3. The molecular weight excluding hydrogens is 354 g/mol. The lowest BCUT2D eigenvalue weighted by molar-refractivity contribution is -0.00232. The molecule has 2 heterocycles. The molecule has 0 bridgehead atoms. The summed E-state index contributed by atoms with van der Waals surface area (Å²) < 4.78 is 17.1. The Morgan fingerprint density at radius 1 is 1.00 bits per heavy atom. The quantitative estimate of drug-likeness (QED) is 0.697. The molecule has 0 amide bonds. The van der Waals surface area contributed by atoms with E-state index >= 15 is 0 Å². The molecule has 0 spiro atoms. The van der Waals surface area contributed by atoms with E-state index in [1.54, 1.807) is 0 Å². The van der Waals surface area contributed by atoms with Gasteiger partial charge >= 0.3 is 0 Å². The minimum Gasteiger partial charge on any atom is -0.373 e. The van der Waals surface area contributed by atoms with Gasteiger partial charge in [0.05, 0.1) is 12.7 Å². The van der Waals surface area contributed by atoms with Gasteiger partial charge in [0, 0.05) is 23.7 Å². The van der Waals surface area contributed by atoms with Crippen molar-refractivity contribution in [2.24, 2.45) is 0 Å².